The number of fused-ring (bicyclic) bond motifs is 1. The minimum atomic E-state index is 0.224. The summed E-state index contributed by atoms with van der Waals surface area (Å²) in [5, 5.41) is 2.14. The second kappa shape index (κ2) is 6.25. The Bertz CT molecular complexity index is 688. The fraction of sp³-hybridized carbons (Fsp3) is 0.421. The zero-order valence-corrected chi connectivity index (χ0v) is 14.4. The summed E-state index contributed by atoms with van der Waals surface area (Å²) in [5.74, 6) is 0.282. The molecule has 0 bridgehead atoms. The molecular formula is C19H23NOS. The minimum absolute atomic E-state index is 0.224. The van der Waals surface area contributed by atoms with Gasteiger partial charge in [0.05, 0.1) is 6.04 Å². The molecule has 1 aliphatic heterocycles. The van der Waals surface area contributed by atoms with Crippen LogP contribution < -0.4 is 0 Å². The first kappa shape index (κ1) is 15.3. The number of aryl methyl sites for hydroxylation is 3. The van der Waals surface area contributed by atoms with E-state index in [4.69, 9.17) is 0 Å². The van der Waals surface area contributed by atoms with Crippen molar-refractivity contribution in [1.29, 1.82) is 0 Å². The van der Waals surface area contributed by atoms with Crippen molar-refractivity contribution < 1.29 is 4.79 Å². The number of carbonyl (C=O) groups is 1. The quantitative estimate of drug-likeness (QED) is 0.820. The van der Waals surface area contributed by atoms with E-state index in [0.717, 1.165) is 19.4 Å². The van der Waals surface area contributed by atoms with Crippen LogP contribution in [0, 0.1) is 13.8 Å². The molecule has 0 fully saturated rings. The van der Waals surface area contributed by atoms with E-state index in [1.807, 2.05) is 11.3 Å². The standard InChI is InChI=1S/C19H23NOS/c1-13-4-5-16(14(2)12-13)6-7-19(21)20-10-8-18-17(15(20)3)9-11-22-18/h4-5,9,11-12,15H,6-8,10H2,1-3H3. The van der Waals surface area contributed by atoms with Crippen molar-refractivity contribution in [3.63, 3.8) is 0 Å². The molecule has 0 aliphatic carbocycles. The lowest BCUT2D eigenvalue weighted by molar-refractivity contribution is -0.133. The highest BCUT2D eigenvalue weighted by Gasteiger charge is 2.27. The third-order valence-corrected chi connectivity index (χ3v) is 5.70. The molecular weight excluding hydrogens is 290 g/mol. The molecule has 116 valence electrons. The zero-order valence-electron chi connectivity index (χ0n) is 13.6. The molecule has 0 saturated carbocycles. The highest BCUT2D eigenvalue weighted by atomic mass is 32.1. The maximum Gasteiger partial charge on any atom is 0.223 e. The van der Waals surface area contributed by atoms with Gasteiger partial charge >= 0.3 is 0 Å². The molecule has 0 radical (unpaired) electrons. The van der Waals surface area contributed by atoms with Gasteiger partial charge in [-0.25, -0.2) is 0 Å². The van der Waals surface area contributed by atoms with E-state index >= 15 is 0 Å². The van der Waals surface area contributed by atoms with E-state index in [0.29, 0.717) is 6.42 Å². The predicted octanol–water partition coefficient (Wildman–Crippen LogP) is 4.44. The first-order valence-electron chi connectivity index (χ1n) is 7.98. The molecule has 1 amide bonds. The summed E-state index contributed by atoms with van der Waals surface area (Å²) >= 11 is 1.82. The highest BCUT2D eigenvalue weighted by molar-refractivity contribution is 7.10. The van der Waals surface area contributed by atoms with Crippen LogP contribution in [0.4, 0.5) is 0 Å². The van der Waals surface area contributed by atoms with E-state index in [-0.39, 0.29) is 11.9 Å². The van der Waals surface area contributed by atoms with Gasteiger partial charge in [0.1, 0.15) is 0 Å². The van der Waals surface area contributed by atoms with Gasteiger partial charge in [-0.15, -0.1) is 11.3 Å². The zero-order chi connectivity index (χ0) is 15.7. The van der Waals surface area contributed by atoms with Gasteiger partial charge < -0.3 is 4.90 Å². The smallest absolute Gasteiger partial charge is 0.223 e. The third kappa shape index (κ3) is 2.95. The van der Waals surface area contributed by atoms with Crippen molar-refractivity contribution in [2.24, 2.45) is 0 Å². The van der Waals surface area contributed by atoms with Crippen LogP contribution in [0.2, 0.25) is 0 Å². The molecule has 1 atom stereocenters. The third-order valence-electron chi connectivity index (χ3n) is 4.70. The Balaban J connectivity index is 1.65. The first-order valence-corrected chi connectivity index (χ1v) is 8.86. The highest BCUT2D eigenvalue weighted by Crippen LogP contribution is 2.33. The van der Waals surface area contributed by atoms with Crippen molar-refractivity contribution in [2.45, 2.75) is 46.1 Å². The summed E-state index contributed by atoms with van der Waals surface area (Å²) in [4.78, 5) is 16.1. The Morgan fingerprint density at radius 3 is 2.91 bits per heavy atom. The molecule has 3 rings (SSSR count). The normalized spacial score (nSPS) is 17.4. The van der Waals surface area contributed by atoms with Crippen LogP contribution in [0.25, 0.3) is 0 Å². The molecule has 0 saturated heterocycles. The largest absolute Gasteiger partial charge is 0.336 e. The number of carbonyl (C=O) groups excluding carboxylic acids is 1. The molecule has 0 N–H and O–H groups in total. The SMILES string of the molecule is Cc1ccc(CCC(=O)N2CCc3sccc3C2C)c(C)c1. The molecule has 1 unspecified atom stereocenters. The summed E-state index contributed by atoms with van der Waals surface area (Å²) in [7, 11) is 0. The Labute approximate surface area is 136 Å². The van der Waals surface area contributed by atoms with Gasteiger partial charge in [-0.05, 0) is 61.7 Å². The number of amides is 1. The average molecular weight is 313 g/mol. The lowest BCUT2D eigenvalue weighted by atomic mass is 9.99. The van der Waals surface area contributed by atoms with Gasteiger partial charge in [-0.2, -0.15) is 0 Å². The van der Waals surface area contributed by atoms with E-state index in [1.165, 1.54) is 27.1 Å². The molecule has 0 spiro atoms. The lowest BCUT2D eigenvalue weighted by Crippen LogP contribution is -2.38. The fourth-order valence-corrected chi connectivity index (χ4v) is 4.32. The molecule has 2 nitrogen and oxygen atoms in total. The summed E-state index contributed by atoms with van der Waals surface area (Å²) in [6.07, 6.45) is 2.45. The van der Waals surface area contributed by atoms with Gasteiger partial charge in [0.2, 0.25) is 5.91 Å². The fourth-order valence-electron chi connectivity index (χ4n) is 3.36. The Hall–Kier alpha value is -1.61. The van der Waals surface area contributed by atoms with Crippen LogP contribution in [-0.2, 0) is 17.6 Å². The summed E-state index contributed by atoms with van der Waals surface area (Å²) in [5.41, 5.74) is 5.21. The summed E-state index contributed by atoms with van der Waals surface area (Å²) < 4.78 is 0. The molecule has 1 aromatic heterocycles. The molecule has 3 heteroatoms. The van der Waals surface area contributed by atoms with Gasteiger partial charge in [-0.1, -0.05) is 23.8 Å². The maximum atomic E-state index is 12.6. The number of hydrogen-bond acceptors (Lipinski definition) is 2. The number of rotatable bonds is 3. The topological polar surface area (TPSA) is 20.3 Å². The monoisotopic (exact) mass is 313 g/mol. The van der Waals surface area contributed by atoms with E-state index in [9.17, 15) is 4.79 Å². The summed E-state index contributed by atoms with van der Waals surface area (Å²) in [6.45, 7) is 7.25. The summed E-state index contributed by atoms with van der Waals surface area (Å²) in [6, 6.07) is 8.89. The van der Waals surface area contributed by atoms with Crippen LogP contribution >= 0.6 is 11.3 Å². The van der Waals surface area contributed by atoms with Crippen LogP contribution in [-0.4, -0.2) is 17.4 Å². The van der Waals surface area contributed by atoms with Gasteiger partial charge in [0.25, 0.3) is 0 Å². The van der Waals surface area contributed by atoms with Crippen molar-refractivity contribution >= 4 is 17.2 Å². The van der Waals surface area contributed by atoms with Crippen molar-refractivity contribution in [3.05, 3.63) is 56.8 Å². The lowest BCUT2D eigenvalue weighted by Gasteiger charge is -2.33. The van der Waals surface area contributed by atoms with Crippen molar-refractivity contribution in [2.75, 3.05) is 6.54 Å². The van der Waals surface area contributed by atoms with Gasteiger partial charge in [0, 0.05) is 17.8 Å². The van der Waals surface area contributed by atoms with Crippen LogP contribution in [0.15, 0.2) is 29.6 Å². The molecule has 22 heavy (non-hydrogen) atoms. The van der Waals surface area contributed by atoms with Crippen LogP contribution in [0.1, 0.15) is 46.5 Å². The van der Waals surface area contributed by atoms with Crippen LogP contribution in [0.5, 0.6) is 0 Å². The molecule has 2 aromatic rings. The Morgan fingerprint density at radius 1 is 1.32 bits per heavy atom. The first-order chi connectivity index (χ1) is 10.6. The van der Waals surface area contributed by atoms with Crippen LogP contribution in [0.3, 0.4) is 0 Å². The number of benzene rings is 1. The molecule has 1 aromatic carbocycles. The molecule has 2 heterocycles. The minimum Gasteiger partial charge on any atom is -0.336 e. The Kier molecular flexibility index (Phi) is 4.34. The second-order valence-electron chi connectivity index (χ2n) is 6.24. The van der Waals surface area contributed by atoms with Crippen molar-refractivity contribution in [3.8, 4) is 0 Å². The maximum absolute atomic E-state index is 12.6. The number of hydrogen-bond donors (Lipinski definition) is 0. The second-order valence-corrected chi connectivity index (χ2v) is 7.24. The van der Waals surface area contributed by atoms with Gasteiger partial charge in [-0.3, -0.25) is 4.79 Å². The number of nitrogens with zero attached hydrogens (tertiary/aromatic N) is 1. The van der Waals surface area contributed by atoms with E-state index in [2.05, 4.69) is 55.3 Å². The van der Waals surface area contributed by atoms with Crippen molar-refractivity contribution in [1.82, 2.24) is 4.90 Å². The number of thiophene rings is 1. The Morgan fingerprint density at radius 2 is 2.14 bits per heavy atom. The van der Waals surface area contributed by atoms with E-state index < -0.39 is 0 Å². The predicted molar refractivity (Wildman–Crippen MR) is 92.4 cm³/mol. The van der Waals surface area contributed by atoms with Gasteiger partial charge in [0.15, 0.2) is 0 Å². The molecule has 1 aliphatic rings. The van der Waals surface area contributed by atoms with E-state index in [1.54, 1.807) is 0 Å². The average Bonchev–Trinajstić information content (AvgIpc) is 2.96.